The minimum atomic E-state index is -0.742. The van der Waals surface area contributed by atoms with E-state index in [9.17, 15) is 9.90 Å². The lowest BCUT2D eigenvalue weighted by molar-refractivity contribution is 0.0700. The first-order valence-corrected chi connectivity index (χ1v) is 7.13. The first-order valence-electron chi connectivity index (χ1n) is 6.31. The van der Waals surface area contributed by atoms with Gasteiger partial charge in [0.2, 0.25) is 0 Å². The highest BCUT2D eigenvalue weighted by atomic mass is 32.1. The molecule has 0 spiro atoms. The van der Waals surface area contributed by atoms with Crippen LogP contribution in [-0.4, -0.2) is 11.1 Å². The van der Waals surface area contributed by atoms with Crippen molar-refractivity contribution < 1.29 is 9.90 Å². The predicted octanol–water partition coefficient (Wildman–Crippen LogP) is 3.91. The van der Waals surface area contributed by atoms with Crippen LogP contribution in [0.1, 0.15) is 59.3 Å². The Balaban J connectivity index is 2.46. The van der Waals surface area contributed by atoms with Crippen molar-refractivity contribution in [3.8, 4) is 0 Å². The van der Waals surface area contributed by atoms with Gasteiger partial charge >= 0.3 is 5.97 Å². The van der Waals surface area contributed by atoms with Gasteiger partial charge in [-0.25, -0.2) is 4.79 Å². The molecule has 0 bridgehead atoms. The first kappa shape index (κ1) is 12.6. The highest BCUT2D eigenvalue weighted by molar-refractivity contribution is 7.14. The molecule has 1 aliphatic carbocycles. The Morgan fingerprint density at radius 3 is 2.71 bits per heavy atom. The van der Waals surface area contributed by atoms with Crippen molar-refractivity contribution in [1.29, 1.82) is 0 Å². The molecule has 1 heterocycles. The lowest BCUT2D eigenvalue weighted by Gasteiger charge is -2.30. The molecule has 1 aliphatic rings. The van der Waals surface area contributed by atoms with E-state index in [4.69, 9.17) is 0 Å². The van der Waals surface area contributed by atoms with Crippen LogP contribution in [0.15, 0.2) is 0 Å². The van der Waals surface area contributed by atoms with E-state index < -0.39 is 5.97 Å². The van der Waals surface area contributed by atoms with Crippen LogP contribution in [-0.2, 0) is 19.3 Å². The van der Waals surface area contributed by atoms with Gasteiger partial charge in [-0.2, -0.15) is 0 Å². The van der Waals surface area contributed by atoms with Gasteiger partial charge in [-0.3, -0.25) is 0 Å². The molecular weight excluding hydrogens is 232 g/mol. The van der Waals surface area contributed by atoms with Crippen LogP contribution in [0.25, 0.3) is 0 Å². The third-order valence-corrected chi connectivity index (χ3v) is 4.90. The van der Waals surface area contributed by atoms with Crippen molar-refractivity contribution in [2.24, 2.45) is 5.41 Å². The van der Waals surface area contributed by atoms with Gasteiger partial charge < -0.3 is 5.11 Å². The molecule has 2 nitrogen and oxygen atoms in total. The van der Waals surface area contributed by atoms with Gasteiger partial charge in [0.15, 0.2) is 0 Å². The van der Waals surface area contributed by atoms with Crippen molar-refractivity contribution in [2.45, 2.75) is 52.9 Å². The SMILES string of the molecule is CCCc1sc(C(=O)O)c2c1CC(C)(C)CC2. The standard InChI is InChI=1S/C14H20O2S/c1-4-5-11-10-8-14(2,3)7-6-9(10)12(17-11)13(15)16/h4-8H2,1-3H3,(H,15,16). The first-order chi connectivity index (χ1) is 7.94. The monoisotopic (exact) mass is 252 g/mol. The van der Waals surface area contributed by atoms with Gasteiger partial charge in [0.05, 0.1) is 0 Å². The average molecular weight is 252 g/mol. The Hall–Kier alpha value is -0.830. The summed E-state index contributed by atoms with van der Waals surface area (Å²) in [6, 6.07) is 0. The number of fused-ring (bicyclic) bond motifs is 1. The number of rotatable bonds is 3. The normalized spacial score (nSPS) is 17.8. The molecule has 3 heteroatoms. The van der Waals surface area contributed by atoms with Crippen LogP contribution < -0.4 is 0 Å². The number of carbonyl (C=O) groups is 1. The summed E-state index contributed by atoms with van der Waals surface area (Å²) in [6.07, 6.45) is 5.19. The van der Waals surface area contributed by atoms with E-state index in [1.807, 2.05) is 0 Å². The summed E-state index contributed by atoms with van der Waals surface area (Å²) in [4.78, 5) is 13.2. The molecule has 0 radical (unpaired) electrons. The second-order valence-electron chi connectivity index (χ2n) is 5.71. The van der Waals surface area contributed by atoms with Crippen molar-refractivity contribution in [1.82, 2.24) is 0 Å². The summed E-state index contributed by atoms with van der Waals surface area (Å²) in [5.74, 6) is -0.742. The van der Waals surface area contributed by atoms with Gasteiger partial charge in [0.25, 0.3) is 0 Å². The van der Waals surface area contributed by atoms with E-state index in [-0.39, 0.29) is 0 Å². The van der Waals surface area contributed by atoms with Crippen LogP contribution >= 0.6 is 11.3 Å². The molecular formula is C14H20O2S. The lowest BCUT2D eigenvalue weighted by Crippen LogP contribution is -2.22. The molecule has 94 valence electrons. The van der Waals surface area contributed by atoms with Crippen LogP contribution in [0.4, 0.5) is 0 Å². The molecule has 1 aromatic heterocycles. The number of thiophene rings is 1. The fourth-order valence-corrected chi connectivity index (χ4v) is 3.96. The maximum Gasteiger partial charge on any atom is 0.346 e. The van der Waals surface area contributed by atoms with Crippen molar-refractivity contribution in [3.63, 3.8) is 0 Å². The summed E-state index contributed by atoms with van der Waals surface area (Å²) >= 11 is 1.51. The molecule has 0 aromatic carbocycles. The van der Waals surface area contributed by atoms with E-state index in [0.29, 0.717) is 10.3 Å². The van der Waals surface area contributed by atoms with Crippen molar-refractivity contribution in [2.75, 3.05) is 0 Å². The Kier molecular flexibility index (Phi) is 3.30. The highest BCUT2D eigenvalue weighted by Gasteiger charge is 2.31. The molecule has 1 aromatic rings. The zero-order valence-corrected chi connectivity index (χ0v) is 11.6. The average Bonchev–Trinajstić information content (AvgIpc) is 2.56. The molecule has 0 amide bonds. The van der Waals surface area contributed by atoms with Gasteiger partial charge in [-0.05, 0) is 42.2 Å². The molecule has 1 N–H and O–H groups in total. The van der Waals surface area contributed by atoms with Gasteiger partial charge in [-0.15, -0.1) is 11.3 Å². The van der Waals surface area contributed by atoms with Gasteiger partial charge in [-0.1, -0.05) is 27.2 Å². The number of carboxylic acid groups (broad SMARTS) is 1. The Bertz CT molecular complexity index is 443. The Labute approximate surface area is 107 Å². The van der Waals surface area contributed by atoms with E-state index >= 15 is 0 Å². The van der Waals surface area contributed by atoms with E-state index in [2.05, 4.69) is 20.8 Å². The minimum Gasteiger partial charge on any atom is -0.477 e. The molecule has 0 unspecified atom stereocenters. The predicted molar refractivity (Wildman–Crippen MR) is 71.1 cm³/mol. The molecule has 2 rings (SSSR count). The zero-order valence-electron chi connectivity index (χ0n) is 10.8. The maximum absolute atomic E-state index is 11.3. The highest BCUT2D eigenvalue weighted by Crippen LogP contribution is 2.41. The summed E-state index contributed by atoms with van der Waals surface area (Å²) in [7, 11) is 0. The molecule has 0 saturated heterocycles. The number of hydrogen-bond donors (Lipinski definition) is 1. The van der Waals surface area contributed by atoms with Crippen LogP contribution in [0.5, 0.6) is 0 Å². The minimum absolute atomic E-state index is 0.326. The molecule has 0 atom stereocenters. The third kappa shape index (κ3) is 2.39. The fraction of sp³-hybridized carbons (Fsp3) is 0.643. The lowest BCUT2D eigenvalue weighted by atomic mass is 9.74. The number of aryl methyl sites for hydroxylation is 1. The topological polar surface area (TPSA) is 37.3 Å². The molecule has 0 saturated carbocycles. The van der Waals surface area contributed by atoms with E-state index in [1.165, 1.54) is 21.8 Å². The van der Waals surface area contributed by atoms with Crippen molar-refractivity contribution in [3.05, 3.63) is 20.9 Å². The quantitative estimate of drug-likeness (QED) is 0.885. The van der Waals surface area contributed by atoms with Gasteiger partial charge in [0.1, 0.15) is 4.88 Å². The van der Waals surface area contributed by atoms with Crippen LogP contribution in [0.2, 0.25) is 0 Å². The largest absolute Gasteiger partial charge is 0.477 e. The summed E-state index contributed by atoms with van der Waals surface area (Å²) < 4.78 is 0. The molecule has 17 heavy (non-hydrogen) atoms. The zero-order chi connectivity index (χ0) is 12.6. The van der Waals surface area contributed by atoms with Crippen LogP contribution in [0.3, 0.4) is 0 Å². The van der Waals surface area contributed by atoms with E-state index in [1.54, 1.807) is 0 Å². The summed E-state index contributed by atoms with van der Waals surface area (Å²) in [6.45, 7) is 6.72. The van der Waals surface area contributed by atoms with Crippen molar-refractivity contribution >= 4 is 17.3 Å². The smallest absolute Gasteiger partial charge is 0.346 e. The molecule has 0 aliphatic heterocycles. The summed E-state index contributed by atoms with van der Waals surface area (Å²) in [5.41, 5.74) is 2.81. The number of hydrogen-bond acceptors (Lipinski definition) is 2. The Morgan fingerprint density at radius 2 is 2.12 bits per heavy atom. The Morgan fingerprint density at radius 1 is 1.41 bits per heavy atom. The van der Waals surface area contributed by atoms with Gasteiger partial charge in [0, 0.05) is 4.88 Å². The second kappa shape index (κ2) is 4.45. The molecule has 0 fully saturated rings. The third-order valence-electron chi connectivity index (χ3n) is 3.58. The van der Waals surface area contributed by atoms with E-state index in [0.717, 1.165) is 37.7 Å². The van der Waals surface area contributed by atoms with Crippen LogP contribution in [0, 0.1) is 5.41 Å². The maximum atomic E-state index is 11.3. The second-order valence-corrected chi connectivity index (χ2v) is 6.81. The summed E-state index contributed by atoms with van der Waals surface area (Å²) in [5, 5.41) is 9.26. The number of carboxylic acids is 1. The number of aromatic carboxylic acids is 1. The fourth-order valence-electron chi connectivity index (χ4n) is 2.65.